The molecule has 0 spiro atoms. The summed E-state index contributed by atoms with van der Waals surface area (Å²) < 4.78 is 5.93. The molecule has 1 atom stereocenters. The van der Waals surface area contributed by atoms with Crippen LogP contribution in [0.4, 0.5) is 0 Å². The molecule has 1 aromatic rings. The largest absolute Gasteiger partial charge is 0.481 e. The predicted molar refractivity (Wildman–Crippen MR) is 68.8 cm³/mol. The molecule has 2 heteroatoms. The minimum atomic E-state index is -0.0554. The molecular weight excluding hydrogens is 210 g/mol. The zero-order chi connectivity index (χ0) is 11.7. The molecule has 1 aliphatic heterocycles. The average Bonchev–Trinajstić information content (AvgIpc) is 2.40. The van der Waals surface area contributed by atoms with E-state index in [0.717, 1.165) is 22.6 Å². The van der Waals surface area contributed by atoms with Gasteiger partial charge < -0.3 is 10.5 Å². The second-order valence-corrected chi connectivity index (χ2v) is 4.07. The molecule has 3 rings (SSSR count). The van der Waals surface area contributed by atoms with Gasteiger partial charge in [0, 0.05) is 22.9 Å². The van der Waals surface area contributed by atoms with Crippen molar-refractivity contribution in [1.29, 1.82) is 0 Å². The van der Waals surface area contributed by atoms with Crippen LogP contribution < -0.4 is 5.73 Å². The molecule has 2 N–H and O–H groups in total. The molecule has 0 bridgehead atoms. The Hall–Kier alpha value is -2.22. The van der Waals surface area contributed by atoms with Crippen molar-refractivity contribution in [2.75, 3.05) is 0 Å². The van der Waals surface area contributed by atoms with Gasteiger partial charge in [0.1, 0.15) is 11.9 Å². The van der Waals surface area contributed by atoms with Crippen molar-refractivity contribution in [2.45, 2.75) is 6.10 Å². The van der Waals surface area contributed by atoms with Crippen molar-refractivity contribution >= 4 is 5.76 Å². The average molecular weight is 223 g/mol. The summed E-state index contributed by atoms with van der Waals surface area (Å²) in [6.45, 7) is 0. The van der Waals surface area contributed by atoms with E-state index in [9.17, 15) is 0 Å². The van der Waals surface area contributed by atoms with E-state index in [4.69, 9.17) is 10.5 Å². The first-order valence-electron chi connectivity index (χ1n) is 5.63. The molecule has 17 heavy (non-hydrogen) atoms. The van der Waals surface area contributed by atoms with Crippen LogP contribution in [-0.4, -0.2) is 6.10 Å². The van der Waals surface area contributed by atoms with Gasteiger partial charge in [0.25, 0.3) is 0 Å². The third kappa shape index (κ3) is 1.78. The summed E-state index contributed by atoms with van der Waals surface area (Å²) in [5, 5.41) is 0. The van der Waals surface area contributed by atoms with Crippen LogP contribution in [0.2, 0.25) is 0 Å². The lowest BCUT2D eigenvalue weighted by Crippen LogP contribution is -2.21. The Morgan fingerprint density at radius 2 is 1.88 bits per heavy atom. The normalized spacial score (nSPS) is 21.9. The lowest BCUT2D eigenvalue weighted by Gasteiger charge is -2.26. The van der Waals surface area contributed by atoms with Gasteiger partial charge in [-0.3, -0.25) is 0 Å². The van der Waals surface area contributed by atoms with Crippen LogP contribution in [0.3, 0.4) is 0 Å². The maximum Gasteiger partial charge on any atom is 0.144 e. The molecule has 0 saturated heterocycles. The fraction of sp³-hybridized carbons (Fsp3) is 0.0667. The highest BCUT2D eigenvalue weighted by Crippen LogP contribution is 2.30. The summed E-state index contributed by atoms with van der Waals surface area (Å²) in [6, 6.07) is 10.0. The van der Waals surface area contributed by atoms with Crippen molar-refractivity contribution < 1.29 is 4.74 Å². The van der Waals surface area contributed by atoms with Crippen molar-refractivity contribution in [2.24, 2.45) is 5.73 Å². The molecule has 0 radical (unpaired) electrons. The first kappa shape index (κ1) is 9.97. The van der Waals surface area contributed by atoms with Crippen LogP contribution in [-0.2, 0) is 4.74 Å². The summed E-state index contributed by atoms with van der Waals surface area (Å²) >= 11 is 0. The van der Waals surface area contributed by atoms with E-state index in [2.05, 4.69) is 0 Å². The maximum atomic E-state index is 6.06. The van der Waals surface area contributed by atoms with E-state index in [1.54, 1.807) is 0 Å². The molecular formula is C15H13NO. The molecule has 0 saturated carbocycles. The standard InChI is InChI=1S/C15H13NO/c16-13-10-15(11-6-2-1-3-7-11)17-14-9-5-4-8-12(13)14/h1-10,14H,16H2. The van der Waals surface area contributed by atoms with E-state index >= 15 is 0 Å². The third-order valence-electron chi connectivity index (χ3n) is 2.91. The third-order valence-corrected chi connectivity index (χ3v) is 2.91. The van der Waals surface area contributed by atoms with Crippen LogP contribution in [0, 0.1) is 0 Å². The van der Waals surface area contributed by atoms with Gasteiger partial charge in [0.15, 0.2) is 0 Å². The number of nitrogens with two attached hydrogens (primary N) is 1. The summed E-state index contributed by atoms with van der Waals surface area (Å²) in [7, 11) is 0. The molecule has 2 aliphatic rings. The maximum absolute atomic E-state index is 6.06. The first-order valence-corrected chi connectivity index (χ1v) is 5.63. The fourth-order valence-electron chi connectivity index (χ4n) is 2.04. The zero-order valence-electron chi connectivity index (χ0n) is 9.34. The lowest BCUT2D eigenvalue weighted by atomic mass is 9.98. The van der Waals surface area contributed by atoms with Crippen molar-refractivity contribution in [3.05, 3.63) is 77.5 Å². The Morgan fingerprint density at radius 3 is 2.71 bits per heavy atom. The second-order valence-electron chi connectivity index (χ2n) is 4.07. The van der Waals surface area contributed by atoms with Gasteiger partial charge in [-0.15, -0.1) is 0 Å². The van der Waals surface area contributed by atoms with Crippen LogP contribution in [0.25, 0.3) is 5.76 Å². The fourth-order valence-corrected chi connectivity index (χ4v) is 2.04. The lowest BCUT2D eigenvalue weighted by molar-refractivity contribution is 0.241. The molecule has 1 aromatic carbocycles. The topological polar surface area (TPSA) is 35.2 Å². The smallest absolute Gasteiger partial charge is 0.144 e. The van der Waals surface area contributed by atoms with Crippen molar-refractivity contribution in [3.8, 4) is 0 Å². The number of hydrogen-bond donors (Lipinski definition) is 1. The summed E-state index contributed by atoms with van der Waals surface area (Å²) in [4.78, 5) is 0. The number of rotatable bonds is 1. The Morgan fingerprint density at radius 1 is 1.06 bits per heavy atom. The van der Waals surface area contributed by atoms with Gasteiger partial charge in [-0.1, -0.05) is 48.6 Å². The van der Waals surface area contributed by atoms with Crippen molar-refractivity contribution in [3.63, 3.8) is 0 Å². The molecule has 2 nitrogen and oxygen atoms in total. The van der Waals surface area contributed by atoms with Gasteiger partial charge in [-0.25, -0.2) is 0 Å². The second kappa shape index (κ2) is 3.98. The van der Waals surface area contributed by atoms with E-state index in [0.29, 0.717) is 0 Å². The van der Waals surface area contributed by atoms with Crippen LogP contribution in [0.1, 0.15) is 5.56 Å². The molecule has 1 heterocycles. The molecule has 84 valence electrons. The molecule has 1 unspecified atom stereocenters. The zero-order valence-corrected chi connectivity index (χ0v) is 9.34. The van der Waals surface area contributed by atoms with E-state index in [-0.39, 0.29) is 6.10 Å². The van der Waals surface area contributed by atoms with E-state index in [1.165, 1.54) is 0 Å². The predicted octanol–water partition coefficient (Wildman–Crippen LogP) is 2.77. The highest BCUT2D eigenvalue weighted by Gasteiger charge is 2.22. The van der Waals surface area contributed by atoms with Crippen molar-refractivity contribution in [1.82, 2.24) is 0 Å². The van der Waals surface area contributed by atoms with E-state index in [1.807, 2.05) is 60.7 Å². The molecule has 0 amide bonds. The first-order chi connectivity index (χ1) is 8.34. The van der Waals surface area contributed by atoms with Gasteiger partial charge in [-0.2, -0.15) is 0 Å². The number of allylic oxidation sites excluding steroid dienone is 3. The van der Waals surface area contributed by atoms with E-state index < -0.39 is 0 Å². The van der Waals surface area contributed by atoms with Gasteiger partial charge in [-0.05, 0) is 6.08 Å². The number of ether oxygens (including phenoxy) is 1. The van der Waals surface area contributed by atoms with Gasteiger partial charge in [0.2, 0.25) is 0 Å². The highest BCUT2D eigenvalue weighted by molar-refractivity contribution is 5.66. The minimum Gasteiger partial charge on any atom is -0.481 e. The molecule has 0 fully saturated rings. The van der Waals surface area contributed by atoms with Crippen LogP contribution in [0.15, 0.2) is 72.0 Å². The summed E-state index contributed by atoms with van der Waals surface area (Å²) in [5.41, 5.74) is 8.92. The Bertz CT molecular complexity index is 550. The minimum absolute atomic E-state index is 0.0554. The Kier molecular flexibility index (Phi) is 2.33. The van der Waals surface area contributed by atoms with Crippen LogP contribution in [0.5, 0.6) is 0 Å². The summed E-state index contributed by atoms with van der Waals surface area (Å²) in [6.07, 6.45) is 9.81. The number of fused-ring (bicyclic) bond motifs is 1. The van der Waals surface area contributed by atoms with Gasteiger partial charge >= 0.3 is 0 Å². The van der Waals surface area contributed by atoms with Gasteiger partial charge in [0.05, 0.1) is 0 Å². The molecule has 0 aromatic heterocycles. The quantitative estimate of drug-likeness (QED) is 0.794. The van der Waals surface area contributed by atoms with Crippen LogP contribution >= 0.6 is 0 Å². The number of benzene rings is 1. The SMILES string of the molecule is NC1=C2C=CC=CC2OC(c2ccccc2)=C1. The highest BCUT2D eigenvalue weighted by atomic mass is 16.5. The summed E-state index contributed by atoms with van der Waals surface area (Å²) in [5.74, 6) is 0.830. The molecule has 1 aliphatic carbocycles. The Balaban J connectivity index is 2.02. The monoisotopic (exact) mass is 223 g/mol. The Labute approximate surface area is 100 Å². The number of hydrogen-bond acceptors (Lipinski definition) is 2.